The lowest BCUT2D eigenvalue weighted by atomic mass is 10.1. The number of ether oxygens (including phenoxy) is 1. The average molecular weight is 424 g/mol. The second kappa shape index (κ2) is 9.13. The monoisotopic (exact) mass is 423 g/mol. The van der Waals surface area contributed by atoms with Gasteiger partial charge in [0.1, 0.15) is 10.6 Å². The van der Waals surface area contributed by atoms with E-state index < -0.39 is 10.0 Å². The minimum atomic E-state index is -3.70. The maximum atomic E-state index is 12.6. The van der Waals surface area contributed by atoms with Crippen molar-refractivity contribution in [2.45, 2.75) is 11.3 Å². The maximum absolute atomic E-state index is 12.6. The molecule has 0 aromatic heterocycles. The molecule has 1 fully saturated rings. The molecule has 1 N–H and O–H groups in total. The van der Waals surface area contributed by atoms with Crippen LogP contribution in [0.3, 0.4) is 0 Å². The molecule has 152 valence electrons. The van der Waals surface area contributed by atoms with Crippen LogP contribution in [0.5, 0.6) is 5.75 Å². The van der Waals surface area contributed by atoms with Gasteiger partial charge in [0.05, 0.1) is 7.11 Å². The van der Waals surface area contributed by atoms with Crippen LogP contribution in [0.1, 0.15) is 5.56 Å². The van der Waals surface area contributed by atoms with Crippen LogP contribution in [0.25, 0.3) is 0 Å². The number of halogens is 1. The van der Waals surface area contributed by atoms with Gasteiger partial charge in [-0.25, -0.2) is 13.1 Å². The van der Waals surface area contributed by atoms with E-state index in [-0.39, 0.29) is 10.6 Å². The minimum absolute atomic E-state index is 0.0490. The van der Waals surface area contributed by atoms with Crippen molar-refractivity contribution in [3.05, 3.63) is 53.1 Å². The largest absolute Gasteiger partial charge is 0.495 e. The van der Waals surface area contributed by atoms with Crippen molar-refractivity contribution in [1.29, 1.82) is 0 Å². The van der Waals surface area contributed by atoms with Gasteiger partial charge in [0.2, 0.25) is 10.0 Å². The Balaban J connectivity index is 1.58. The Kier molecular flexibility index (Phi) is 6.82. The summed E-state index contributed by atoms with van der Waals surface area (Å²) < 4.78 is 32.9. The third kappa shape index (κ3) is 5.17. The van der Waals surface area contributed by atoms with Crippen LogP contribution >= 0.6 is 11.6 Å². The number of hydrogen-bond donors (Lipinski definition) is 1. The van der Waals surface area contributed by atoms with E-state index in [4.69, 9.17) is 16.3 Å². The third-order valence-corrected chi connectivity index (χ3v) is 6.64. The summed E-state index contributed by atoms with van der Waals surface area (Å²) in [6.07, 6.45) is 0.602. The first-order chi connectivity index (χ1) is 13.4. The van der Waals surface area contributed by atoms with Gasteiger partial charge in [-0.15, -0.1) is 0 Å². The van der Waals surface area contributed by atoms with E-state index in [1.54, 1.807) is 12.1 Å². The first-order valence-corrected chi connectivity index (χ1v) is 11.1. The van der Waals surface area contributed by atoms with E-state index in [0.29, 0.717) is 18.0 Å². The molecule has 1 heterocycles. The Morgan fingerprint density at radius 3 is 2.39 bits per heavy atom. The molecule has 2 aromatic carbocycles. The van der Waals surface area contributed by atoms with Crippen LogP contribution in [0.15, 0.2) is 47.4 Å². The van der Waals surface area contributed by atoms with Crippen molar-refractivity contribution >= 4 is 27.3 Å². The van der Waals surface area contributed by atoms with Crippen molar-refractivity contribution < 1.29 is 13.2 Å². The van der Waals surface area contributed by atoms with Crippen LogP contribution in [0, 0.1) is 0 Å². The molecule has 28 heavy (non-hydrogen) atoms. The number of hydrogen-bond acceptors (Lipinski definition) is 5. The van der Waals surface area contributed by atoms with Gasteiger partial charge in [-0.1, -0.05) is 23.7 Å². The number of methoxy groups -OCH3 is 1. The van der Waals surface area contributed by atoms with Crippen LogP contribution in [-0.4, -0.2) is 60.2 Å². The fraction of sp³-hybridized carbons (Fsp3) is 0.400. The van der Waals surface area contributed by atoms with Gasteiger partial charge in [0, 0.05) is 43.4 Å². The number of nitrogens with one attached hydrogen (secondary N) is 1. The molecule has 0 amide bonds. The quantitative estimate of drug-likeness (QED) is 0.741. The minimum Gasteiger partial charge on any atom is -0.495 e. The molecule has 0 saturated carbocycles. The molecule has 3 rings (SSSR count). The lowest BCUT2D eigenvalue weighted by molar-refractivity contribution is 0.313. The zero-order chi connectivity index (χ0) is 20.1. The van der Waals surface area contributed by atoms with Crippen molar-refractivity contribution in [2.75, 3.05) is 51.8 Å². The van der Waals surface area contributed by atoms with Crippen LogP contribution in [-0.2, 0) is 16.4 Å². The first-order valence-electron chi connectivity index (χ1n) is 9.25. The normalized spacial score (nSPS) is 15.6. The SMILES string of the molecule is COc1ccc(Cl)cc1S(=O)(=O)NCCc1ccc(N2CCN(C)CC2)cc1. The van der Waals surface area contributed by atoms with Gasteiger partial charge < -0.3 is 14.5 Å². The van der Waals surface area contributed by atoms with E-state index in [0.717, 1.165) is 31.7 Å². The van der Waals surface area contributed by atoms with E-state index in [2.05, 4.69) is 45.8 Å². The highest BCUT2D eigenvalue weighted by Gasteiger charge is 2.19. The fourth-order valence-electron chi connectivity index (χ4n) is 3.21. The molecule has 6 nitrogen and oxygen atoms in total. The summed E-state index contributed by atoms with van der Waals surface area (Å²) in [7, 11) is -0.124. The Labute approximate surface area is 172 Å². The van der Waals surface area contributed by atoms with E-state index in [1.165, 1.54) is 18.9 Å². The smallest absolute Gasteiger partial charge is 0.244 e. The fourth-order valence-corrected chi connectivity index (χ4v) is 4.67. The molecule has 1 aliphatic rings. The predicted octanol–water partition coefficient (Wildman–Crippen LogP) is 2.62. The van der Waals surface area contributed by atoms with Gasteiger partial charge in [0.25, 0.3) is 0 Å². The van der Waals surface area contributed by atoms with Crippen molar-refractivity contribution in [1.82, 2.24) is 9.62 Å². The number of nitrogens with zero attached hydrogens (tertiary/aromatic N) is 2. The van der Waals surface area contributed by atoms with Crippen LogP contribution in [0.2, 0.25) is 5.02 Å². The van der Waals surface area contributed by atoms with Crippen molar-refractivity contribution in [2.24, 2.45) is 0 Å². The number of piperazine rings is 1. The van der Waals surface area contributed by atoms with Crippen molar-refractivity contribution in [3.63, 3.8) is 0 Å². The van der Waals surface area contributed by atoms with Crippen LogP contribution < -0.4 is 14.4 Å². The van der Waals surface area contributed by atoms with Gasteiger partial charge in [-0.3, -0.25) is 0 Å². The molecule has 2 aromatic rings. The number of likely N-dealkylation sites (N-methyl/N-ethyl adjacent to an activating group) is 1. The first kappa shape index (κ1) is 20.9. The summed E-state index contributed by atoms with van der Waals surface area (Å²) in [4.78, 5) is 4.75. The summed E-state index contributed by atoms with van der Waals surface area (Å²) >= 11 is 5.94. The lowest BCUT2D eigenvalue weighted by Crippen LogP contribution is -2.44. The van der Waals surface area contributed by atoms with Crippen LogP contribution in [0.4, 0.5) is 5.69 Å². The van der Waals surface area contributed by atoms with Gasteiger partial charge in [-0.05, 0) is 49.4 Å². The third-order valence-electron chi connectivity index (χ3n) is 4.93. The zero-order valence-corrected chi connectivity index (χ0v) is 17.8. The molecule has 0 aliphatic carbocycles. The standard InChI is InChI=1S/C20H26ClN3O3S/c1-23-11-13-24(14-12-23)18-6-3-16(4-7-18)9-10-22-28(25,26)20-15-17(21)5-8-19(20)27-2/h3-8,15,22H,9-14H2,1-2H3. The second-order valence-electron chi connectivity index (χ2n) is 6.90. The molecule has 0 spiro atoms. The van der Waals surface area contributed by atoms with E-state index in [1.807, 2.05) is 0 Å². The summed E-state index contributed by atoms with van der Waals surface area (Å²) in [5.74, 6) is 0.272. The Morgan fingerprint density at radius 1 is 1.07 bits per heavy atom. The predicted molar refractivity (Wildman–Crippen MR) is 113 cm³/mol. The van der Waals surface area contributed by atoms with Crippen molar-refractivity contribution in [3.8, 4) is 5.75 Å². The molecule has 0 unspecified atom stereocenters. The summed E-state index contributed by atoms with van der Waals surface area (Å²) in [6, 6.07) is 12.9. The molecule has 0 atom stereocenters. The van der Waals surface area contributed by atoms with Gasteiger partial charge >= 0.3 is 0 Å². The molecular formula is C20H26ClN3O3S. The number of anilines is 1. The van der Waals surface area contributed by atoms with Gasteiger partial charge in [-0.2, -0.15) is 0 Å². The topological polar surface area (TPSA) is 61.9 Å². The number of sulfonamides is 1. The molecular weight excluding hydrogens is 398 g/mol. The second-order valence-corrected chi connectivity index (χ2v) is 9.07. The molecule has 0 radical (unpaired) electrons. The molecule has 1 saturated heterocycles. The molecule has 1 aliphatic heterocycles. The summed E-state index contributed by atoms with van der Waals surface area (Å²) in [5, 5.41) is 0.348. The highest BCUT2D eigenvalue weighted by atomic mass is 35.5. The maximum Gasteiger partial charge on any atom is 0.244 e. The molecule has 8 heteroatoms. The van der Waals surface area contributed by atoms with Gasteiger partial charge in [0.15, 0.2) is 0 Å². The number of rotatable bonds is 7. The highest BCUT2D eigenvalue weighted by molar-refractivity contribution is 7.89. The Bertz CT molecular complexity index is 895. The number of benzene rings is 2. The average Bonchev–Trinajstić information content (AvgIpc) is 2.69. The highest BCUT2D eigenvalue weighted by Crippen LogP contribution is 2.26. The Morgan fingerprint density at radius 2 is 1.75 bits per heavy atom. The van der Waals surface area contributed by atoms with E-state index in [9.17, 15) is 8.42 Å². The summed E-state index contributed by atoms with van der Waals surface area (Å²) in [6.45, 7) is 4.48. The lowest BCUT2D eigenvalue weighted by Gasteiger charge is -2.34. The Hall–Kier alpha value is -1.80. The zero-order valence-electron chi connectivity index (χ0n) is 16.2. The van der Waals surface area contributed by atoms with E-state index >= 15 is 0 Å². The summed E-state index contributed by atoms with van der Waals surface area (Å²) in [5.41, 5.74) is 2.29. The molecule has 0 bridgehead atoms.